The maximum Gasteiger partial charge on any atom is 0.326 e. The van der Waals surface area contributed by atoms with E-state index in [0.29, 0.717) is 26.3 Å². The summed E-state index contributed by atoms with van der Waals surface area (Å²) in [7, 11) is 1.46. The first-order valence-electron chi connectivity index (χ1n) is 10.1. The van der Waals surface area contributed by atoms with E-state index in [0.717, 1.165) is 16.7 Å². The van der Waals surface area contributed by atoms with E-state index in [1.165, 1.54) is 13.2 Å². The van der Waals surface area contributed by atoms with Crippen molar-refractivity contribution in [3.8, 4) is 11.5 Å². The number of carbonyl (C=O) groups is 4. The van der Waals surface area contributed by atoms with Gasteiger partial charge in [-0.05, 0) is 77.2 Å². The smallest absolute Gasteiger partial charge is 0.326 e. The number of anilines is 1. The SMILES string of the molecule is CCOC(=O)CN1C(=O)S/C(=C\c2cc(I)c(OCC(=O)Nc3ccccc3)c(OC)c2)C1=O. The molecule has 34 heavy (non-hydrogen) atoms. The number of hydrogen-bond donors (Lipinski definition) is 1. The van der Waals surface area contributed by atoms with Crippen molar-refractivity contribution in [2.75, 3.05) is 32.2 Å². The number of methoxy groups -OCH3 is 1. The van der Waals surface area contributed by atoms with Crippen LogP contribution in [-0.2, 0) is 19.1 Å². The number of benzene rings is 2. The van der Waals surface area contributed by atoms with E-state index >= 15 is 0 Å². The molecular weight excluding hydrogens is 575 g/mol. The molecule has 1 fully saturated rings. The van der Waals surface area contributed by atoms with Crippen molar-refractivity contribution in [2.45, 2.75) is 6.92 Å². The number of para-hydroxylation sites is 1. The highest BCUT2D eigenvalue weighted by Crippen LogP contribution is 2.37. The van der Waals surface area contributed by atoms with E-state index in [9.17, 15) is 19.2 Å². The summed E-state index contributed by atoms with van der Waals surface area (Å²) in [5.41, 5.74) is 1.24. The Hall–Kier alpha value is -3.06. The highest BCUT2D eigenvalue weighted by Gasteiger charge is 2.36. The molecule has 0 saturated carbocycles. The van der Waals surface area contributed by atoms with Crippen LogP contribution in [0.1, 0.15) is 12.5 Å². The van der Waals surface area contributed by atoms with Crippen LogP contribution in [0.25, 0.3) is 6.08 Å². The van der Waals surface area contributed by atoms with E-state index in [4.69, 9.17) is 14.2 Å². The van der Waals surface area contributed by atoms with Crippen LogP contribution in [0.15, 0.2) is 47.4 Å². The number of imide groups is 1. The van der Waals surface area contributed by atoms with Gasteiger partial charge >= 0.3 is 5.97 Å². The number of esters is 1. The molecule has 11 heteroatoms. The first kappa shape index (κ1) is 25.6. The summed E-state index contributed by atoms with van der Waals surface area (Å²) in [5, 5.41) is 2.19. The number of hydrogen-bond acceptors (Lipinski definition) is 8. The lowest BCUT2D eigenvalue weighted by Crippen LogP contribution is -2.34. The number of rotatable bonds is 9. The van der Waals surface area contributed by atoms with Gasteiger partial charge in [-0.15, -0.1) is 0 Å². The van der Waals surface area contributed by atoms with Gasteiger partial charge in [-0.2, -0.15) is 0 Å². The lowest BCUT2D eigenvalue weighted by molar-refractivity contribution is -0.146. The van der Waals surface area contributed by atoms with Crippen molar-refractivity contribution in [3.05, 3.63) is 56.5 Å². The van der Waals surface area contributed by atoms with Gasteiger partial charge in [0, 0.05) is 5.69 Å². The van der Waals surface area contributed by atoms with E-state index in [-0.39, 0.29) is 24.0 Å². The first-order chi connectivity index (χ1) is 16.3. The van der Waals surface area contributed by atoms with Gasteiger partial charge in [0.25, 0.3) is 17.1 Å². The number of halogens is 1. The largest absolute Gasteiger partial charge is 0.493 e. The van der Waals surface area contributed by atoms with Gasteiger partial charge in [0.15, 0.2) is 18.1 Å². The highest BCUT2D eigenvalue weighted by molar-refractivity contribution is 14.1. The summed E-state index contributed by atoms with van der Waals surface area (Å²) in [4.78, 5) is 49.7. The number of thioether (sulfide) groups is 1. The maximum absolute atomic E-state index is 12.6. The zero-order chi connectivity index (χ0) is 24.7. The molecule has 1 N–H and O–H groups in total. The van der Waals surface area contributed by atoms with E-state index in [2.05, 4.69) is 5.32 Å². The number of nitrogens with one attached hydrogen (secondary N) is 1. The van der Waals surface area contributed by atoms with Crippen LogP contribution >= 0.6 is 34.4 Å². The fourth-order valence-electron chi connectivity index (χ4n) is 2.94. The minimum Gasteiger partial charge on any atom is -0.493 e. The molecule has 0 bridgehead atoms. The molecular formula is C23H21IN2O7S. The van der Waals surface area contributed by atoms with E-state index in [1.54, 1.807) is 31.2 Å². The summed E-state index contributed by atoms with van der Waals surface area (Å²) in [6.07, 6.45) is 1.53. The topological polar surface area (TPSA) is 111 Å². The number of amides is 3. The lowest BCUT2D eigenvalue weighted by Gasteiger charge is -2.14. The normalized spacial score (nSPS) is 14.3. The Balaban J connectivity index is 1.72. The minimum absolute atomic E-state index is 0.158. The van der Waals surface area contributed by atoms with E-state index < -0.39 is 23.7 Å². The average molecular weight is 596 g/mol. The standard InChI is InChI=1S/C23H21IN2O7S/c1-3-32-20(28)12-26-22(29)18(34-23(26)30)11-14-9-16(24)21(17(10-14)31-2)33-13-19(27)25-15-7-5-4-6-8-15/h4-11H,3,12-13H2,1-2H3,(H,25,27)/b18-11-. The Morgan fingerprint density at radius 2 is 1.91 bits per heavy atom. The molecule has 1 heterocycles. The number of nitrogens with zero attached hydrogens (tertiary/aromatic N) is 1. The number of ether oxygens (including phenoxy) is 3. The zero-order valence-corrected chi connectivity index (χ0v) is 21.3. The highest BCUT2D eigenvalue weighted by atomic mass is 127. The molecule has 0 aromatic heterocycles. The molecule has 3 rings (SSSR count). The molecule has 9 nitrogen and oxygen atoms in total. The van der Waals surface area contributed by atoms with Gasteiger partial charge in [0.2, 0.25) is 0 Å². The Labute approximate surface area is 213 Å². The van der Waals surface area contributed by atoms with Crippen LogP contribution in [0, 0.1) is 3.57 Å². The van der Waals surface area contributed by atoms with Crippen molar-refractivity contribution in [1.82, 2.24) is 4.90 Å². The van der Waals surface area contributed by atoms with Gasteiger partial charge in [0.05, 0.1) is 22.2 Å². The Morgan fingerprint density at radius 3 is 2.59 bits per heavy atom. The van der Waals surface area contributed by atoms with Crippen molar-refractivity contribution >= 4 is 69.1 Å². The van der Waals surface area contributed by atoms with Crippen LogP contribution in [0.4, 0.5) is 10.5 Å². The Morgan fingerprint density at radius 1 is 1.18 bits per heavy atom. The molecule has 3 amide bonds. The third-order valence-electron chi connectivity index (χ3n) is 4.42. The molecule has 0 radical (unpaired) electrons. The van der Waals surface area contributed by atoms with Gasteiger partial charge < -0.3 is 19.5 Å². The Bertz CT molecular complexity index is 1140. The third kappa shape index (κ3) is 6.50. The van der Waals surface area contributed by atoms with Crippen molar-refractivity contribution in [1.29, 1.82) is 0 Å². The molecule has 1 aliphatic heterocycles. The van der Waals surface area contributed by atoms with Gasteiger partial charge in [-0.3, -0.25) is 24.1 Å². The maximum atomic E-state index is 12.6. The molecule has 178 valence electrons. The van der Waals surface area contributed by atoms with Crippen LogP contribution in [0.3, 0.4) is 0 Å². The van der Waals surface area contributed by atoms with Gasteiger partial charge in [-0.25, -0.2) is 0 Å². The summed E-state index contributed by atoms with van der Waals surface area (Å²) in [6.45, 7) is 1.14. The predicted molar refractivity (Wildman–Crippen MR) is 136 cm³/mol. The quantitative estimate of drug-likeness (QED) is 0.264. The predicted octanol–water partition coefficient (Wildman–Crippen LogP) is 3.92. The molecule has 0 spiro atoms. The summed E-state index contributed by atoms with van der Waals surface area (Å²) < 4.78 is 16.6. The monoisotopic (exact) mass is 596 g/mol. The van der Waals surface area contributed by atoms with Crippen molar-refractivity contribution in [2.24, 2.45) is 0 Å². The first-order valence-corrected chi connectivity index (χ1v) is 12.0. The van der Waals surface area contributed by atoms with Crippen LogP contribution in [-0.4, -0.2) is 54.8 Å². The van der Waals surface area contributed by atoms with Gasteiger partial charge in [-0.1, -0.05) is 18.2 Å². The molecule has 2 aromatic carbocycles. The average Bonchev–Trinajstić information content (AvgIpc) is 3.06. The van der Waals surface area contributed by atoms with E-state index in [1.807, 2.05) is 40.8 Å². The zero-order valence-electron chi connectivity index (χ0n) is 18.3. The van der Waals surface area contributed by atoms with Gasteiger partial charge in [0.1, 0.15) is 6.54 Å². The summed E-state index contributed by atoms with van der Waals surface area (Å²) in [6, 6.07) is 12.4. The second-order valence-corrected chi connectivity index (χ2v) is 8.97. The molecule has 1 aliphatic rings. The summed E-state index contributed by atoms with van der Waals surface area (Å²) in [5.74, 6) is -0.825. The fourth-order valence-corrected chi connectivity index (χ4v) is 4.56. The Kier molecular flexibility index (Phi) is 8.93. The molecule has 0 aliphatic carbocycles. The second kappa shape index (κ2) is 11.9. The van der Waals surface area contributed by atoms with Crippen LogP contribution in [0.2, 0.25) is 0 Å². The van der Waals surface area contributed by atoms with Crippen molar-refractivity contribution < 1.29 is 33.4 Å². The molecule has 0 atom stereocenters. The summed E-state index contributed by atoms with van der Waals surface area (Å²) >= 11 is 2.77. The fraction of sp³-hybridized carbons (Fsp3) is 0.217. The molecule has 2 aromatic rings. The molecule has 1 saturated heterocycles. The second-order valence-electron chi connectivity index (χ2n) is 6.81. The van der Waals surface area contributed by atoms with Crippen LogP contribution in [0.5, 0.6) is 11.5 Å². The van der Waals surface area contributed by atoms with Crippen LogP contribution < -0.4 is 14.8 Å². The minimum atomic E-state index is -0.653. The molecule has 0 unspecified atom stereocenters. The third-order valence-corrected chi connectivity index (χ3v) is 6.13. The number of carbonyl (C=O) groups excluding carboxylic acids is 4. The van der Waals surface area contributed by atoms with Crippen molar-refractivity contribution in [3.63, 3.8) is 0 Å². The lowest BCUT2D eigenvalue weighted by atomic mass is 10.2.